The average molecular weight is 371 g/mol. The van der Waals surface area contributed by atoms with Gasteiger partial charge < -0.3 is 17.4 Å². The first-order valence-electron chi connectivity index (χ1n) is 8.69. The van der Waals surface area contributed by atoms with Crippen molar-refractivity contribution in [2.24, 2.45) is 27.6 Å². The number of primary amides is 1. The molecule has 3 aromatic rings. The lowest BCUT2D eigenvalue weighted by atomic mass is 9.85. The quantitative estimate of drug-likeness (QED) is 0.351. The van der Waals surface area contributed by atoms with Crippen molar-refractivity contribution in [3.05, 3.63) is 95.1 Å². The minimum absolute atomic E-state index is 0.417. The van der Waals surface area contributed by atoms with Crippen LogP contribution in [0, 0.1) is 0 Å². The zero-order chi connectivity index (χ0) is 19.9. The zero-order valence-corrected chi connectivity index (χ0v) is 15.2. The molecular weight excluding hydrogens is 350 g/mol. The Kier molecular flexibility index (Phi) is 5.81. The summed E-state index contributed by atoms with van der Waals surface area (Å²) in [6.07, 6.45) is 3.12. The van der Waals surface area contributed by atoms with Gasteiger partial charge in [-0.1, -0.05) is 72.8 Å². The number of nitrogens with zero attached hydrogens (tertiary/aromatic N) is 2. The Hall–Kier alpha value is -3.93. The van der Waals surface area contributed by atoms with E-state index in [1.165, 1.54) is 0 Å². The van der Waals surface area contributed by atoms with Crippen LogP contribution in [-0.2, 0) is 4.79 Å². The molecule has 6 N–H and O–H groups in total. The third-order valence-corrected chi connectivity index (χ3v) is 4.50. The predicted octanol–water partition coefficient (Wildman–Crippen LogP) is 2.56. The molecule has 1 amide bonds. The number of hydrogen-bond acceptors (Lipinski definition) is 5. The summed E-state index contributed by atoms with van der Waals surface area (Å²) in [6.45, 7) is 0. The molecule has 3 rings (SSSR count). The van der Waals surface area contributed by atoms with E-state index in [-0.39, 0.29) is 0 Å². The van der Waals surface area contributed by atoms with Crippen LogP contribution in [0.4, 0.5) is 0 Å². The van der Waals surface area contributed by atoms with E-state index in [1.807, 2.05) is 72.8 Å². The fourth-order valence-electron chi connectivity index (χ4n) is 3.20. The maximum atomic E-state index is 12.4. The monoisotopic (exact) mass is 371 g/mol. The van der Waals surface area contributed by atoms with E-state index in [0.29, 0.717) is 0 Å². The summed E-state index contributed by atoms with van der Waals surface area (Å²) in [4.78, 5) is 12.4. The van der Waals surface area contributed by atoms with Gasteiger partial charge in [0.15, 0.2) is 0 Å². The number of amides is 1. The number of benzene rings is 3. The SMILES string of the molecule is NN=Cc1ccc(-c2ccccc2C(C(N)=O)c2ccc(C=NN)cc2)cc1. The zero-order valence-electron chi connectivity index (χ0n) is 15.2. The van der Waals surface area contributed by atoms with E-state index in [0.717, 1.165) is 33.4 Å². The summed E-state index contributed by atoms with van der Waals surface area (Å²) >= 11 is 0. The van der Waals surface area contributed by atoms with Gasteiger partial charge in [0.05, 0.1) is 18.3 Å². The lowest BCUT2D eigenvalue weighted by molar-refractivity contribution is -0.118. The second-order valence-corrected chi connectivity index (χ2v) is 6.27. The van der Waals surface area contributed by atoms with E-state index >= 15 is 0 Å². The molecule has 3 aromatic carbocycles. The molecule has 0 fully saturated rings. The lowest BCUT2D eigenvalue weighted by Crippen LogP contribution is -2.23. The Morgan fingerprint density at radius 3 is 1.86 bits per heavy atom. The van der Waals surface area contributed by atoms with E-state index in [9.17, 15) is 4.79 Å². The second-order valence-electron chi connectivity index (χ2n) is 6.27. The highest BCUT2D eigenvalue weighted by Crippen LogP contribution is 2.33. The molecule has 0 radical (unpaired) electrons. The van der Waals surface area contributed by atoms with Crippen molar-refractivity contribution >= 4 is 18.3 Å². The summed E-state index contributed by atoms with van der Waals surface area (Å²) < 4.78 is 0. The highest BCUT2D eigenvalue weighted by molar-refractivity contribution is 5.89. The van der Waals surface area contributed by atoms with Gasteiger partial charge in [0.25, 0.3) is 0 Å². The molecule has 0 aliphatic rings. The third kappa shape index (κ3) is 4.07. The maximum Gasteiger partial charge on any atom is 0.229 e. The molecule has 6 heteroatoms. The summed E-state index contributed by atoms with van der Waals surface area (Å²) in [5.74, 6) is 9.40. The van der Waals surface area contributed by atoms with E-state index in [1.54, 1.807) is 12.4 Å². The smallest absolute Gasteiger partial charge is 0.229 e. The third-order valence-electron chi connectivity index (χ3n) is 4.50. The van der Waals surface area contributed by atoms with E-state index in [2.05, 4.69) is 10.2 Å². The predicted molar refractivity (Wildman–Crippen MR) is 113 cm³/mol. The molecule has 140 valence electrons. The van der Waals surface area contributed by atoms with Crippen LogP contribution in [0.2, 0.25) is 0 Å². The maximum absolute atomic E-state index is 12.4. The van der Waals surface area contributed by atoms with Crippen molar-refractivity contribution in [1.29, 1.82) is 0 Å². The van der Waals surface area contributed by atoms with Crippen LogP contribution in [-0.4, -0.2) is 18.3 Å². The molecule has 0 aromatic heterocycles. The first-order valence-corrected chi connectivity index (χ1v) is 8.69. The molecule has 0 aliphatic carbocycles. The Labute approximate surface area is 163 Å². The van der Waals surface area contributed by atoms with Gasteiger partial charge in [-0.3, -0.25) is 4.79 Å². The summed E-state index contributed by atoms with van der Waals surface area (Å²) in [6, 6.07) is 23.0. The Balaban J connectivity index is 2.06. The molecule has 0 spiro atoms. The Morgan fingerprint density at radius 2 is 1.32 bits per heavy atom. The van der Waals surface area contributed by atoms with Crippen molar-refractivity contribution in [1.82, 2.24) is 0 Å². The standard InChI is InChI=1S/C22H21N5O/c23-22(28)21(18-11-7-16(8-12-18)14-27-25)20-4-2-1-3-19(20)17-9-5-15(6-10-17)13-26-24/h1-14,21H,24-25H2,(H2,23,28). The van der Waals surface area contributed by atoms with Gasteiger partial charge in [0.2, 0.25) is 5.91 Å². The van der Waals surface area contributed by atoms with Gasteiger partial charge in [0.1, 0.15) is 0 Å². The van der Waals surface area contributed by atoms with Gasteiger partial charge in [0, 0.05) is 0 Å². The first kappa shape index (κ1) is 18.8. The molecule has 28 heavy (non-hydrogen) atoms. The molecule has 1 atom stereocenters. The van der Waals surface area contributed by atoms with Crippen LogP contribution in [0.25, 0.3) is 11.1 Å². The second kappa shape index (κ2) is 8.64. The average Bonchev–Trinajstić information content (AvgIpc) is 2.71. The number of carbonyl (C=O) groups is 1. The Morgan fingerprint density at radius 1 is 0.786 bits per heavy atom. The van der Waals surface area contributed by atoms with Crippen molar-refractivity contribution in [3.63, 3.8) is 0 Å². The highest BCUT2D eigenvalue weighted by Gasteiger charge is 2.23. The molecule has 0 bridgehead atoms. The van der Waals surface area contributed by atoms with Crippen LogP contribution in [0.5, 0.6) is 0 Å². The number of rotatable bonds is 6. The molecule has 0 aliphatic heterocycles. The number of carbonyl (C=O) groups excluding carboxylic acids is 1. The summed E-state index contributed by atoms with van der Waals surface area (Å²) in [7, 11) is 0. The molecule has 6 nitrogen and oxygen atoms in total. The first-order chi connectivity index (χ1) is 13.6. The van der Waals surface area contributed by atoms with Crippen LogP contribution < -0.4 is 17.4 Å². The molecule has 1 unspecified atom stereocenters. The largest absolute Gasteiger partial charge is 0.369 e. The fourth-order valence-corrected chi connectivity index (χ4v) is 3.20. The highest BCUT2D eigenvalue weighted by atomic mass is 16.1. The molecule has 0 saturated heterocycles. The lowest BCUT2D eigenvalue weighted by Gasteiger charge is -2.19. The number of hydrazone groups is 2. The fraction of sp³-hybridized carbons (Fsp3) is 0.0455. The molecule has 0 saturated carbocycles. The van der Waals surface area contributed by atoms with Gasteiger partial charge in [-0.2, -0.15) is 10.2 Å². The normalized spacial score (nSPS) is 12.4. The Bertz CT molecular complexity index is 1010. The van der Waals surface area contributed by atoms with E-state index < -0.39 is 11.8 Å². The number of nitrogens with two attached hydrogens (primary N) is 3. The minimum atomic E-state index is -0.578. The molecule has 0 heterocycles. The van der Waals surface area contributed by atoms with Crippen LogP contribution in [0.15, 0.2) is 83.0 Å². The van der Waals surface area contributed by atoms with Gasteiger partial charge in [-0.25, -0.2) is 0 Å². The topological polar surface area (TPSA) is 120 Å². The summed E-state index contributed by atoms with van der Waals surface area (Å²) in [5, 5.41) is 7.05. The van der Waals surface area contributed by atoms with Gasteiger partial charge >= 0.3 is 0 Å². The van der Waals surface area contributed by atoms with Crippen molar-refractivity contribution in [2.75, 3.05) is 0 Å². The van der Waals surface area contributed by atoms with Gasteiger partial charge in [-0.05, 0) is 33.4 Å². The number of hydrogen-bond donors (Lipinski definition) is 3. The van der Waals surface area contributed by atoms with Gasteiger partial charge in [-0.15, -0.1) is 0 Å². The van der Waals surface area contributed by atoms with Crippen molar-refractivity contribution in [3.8, 4) is 11.1 Å². The van der Waals surface area contributed by atoms with Crippen LogP contribution in [0.3, 0.4) is 0 Å². The van der Waals surface area contributed by atoms with Crippen molar-refractivity contribution in [2.45, 2.75) is 5.92 Å². The molecular formula is C22H21N5O. The minimum Gasteiger partial charge on any atom is -0.369 e. The van der Waals surface area contributed by atoms with Crippen LogP contribution >= 0.6 is 0 Å². The van der Waals surface area contributed by atoms with E-state index in [4.69, 9.17) is 17.4 Å². The van der Waals surface area contributed by atoms with Crippen molar-refractivity contribution < 1.29 is 4.79 Å². The van der Waals surface area contributed by atoms with Crippen LogP contribution in [0.1, 0.15) is 28.2 Å². The summed E-state index contributed by atoms with van der Waals surface area (Å²) in [5.41, 5.74) is 11.1.